The van der Waals surface area contributed by atoms with Gasteiger partial charge < -0.3 is 24.8 Å². The second-order valence-electron chi connectivity index (χ2n) is 14.6. The Kier molecular flexibility index (Phi) is 15.4. The summed E-state index contributed by atoms with van der Waals surface area (Å²) in [4.78, 5) is 75.2. The topological polar surface area (TPSA) is 267 Å². The van der Waals surface area contributed by atoms with E-state index in [1.54, 1.807) is 90.1 Å². The molecular formula is C42H46N10O11S. The van der Waals surface area contributed by atoms with Crippen molar-refractivity contribution in [3.8, 4) is 0 Å². The van der Waals surface area contributed by atoms with E-state index in [-0.39, 0.29) is 43.4 Å². The number of carbonyl (C=O) groups excluding carboxylic acids is 5. The molecular weight excluding hydrogens is 853 g/mol. The van der Waals surface area contributed by atoms with E-state index in [2.05, 4.69) is 29.7 Å². The van der Waals surface area contributed by atoms with E-state index >= 15 is 0 Å². The van der Waals surface area contributed by atoms with Gasteiger partial charge in [0.1, 0.15) is 30.5 Å². The predicted molar refractivity (Wildman–Crippen MR) is 231 cm³/mol. The zero-order valence-corrected chi connectivity index (χ0v) is 35.7. The first-order valence-electron chi connectivity index (χ1n) is 19.8. The van der Waals surface area contributed by atoms with Crippen molar-refractivity contribution in [1.82, 2.24) is 30.4 Å². The fourth-order valence-electron chi connectivity index (χ4n) is 6.64. The van der Waals surface area contributed by atoms with Gasteiger partial charge >= 0.3 is 18.2 Å². The van der Waals surface area contributed by atoms with Crippen LogP contribution in [0.3, 0.4) is 0 Å². The van der Waals surface area contributed by atoms with Gasteiger partial charge in [-0.25, -0.2) is 9.59 Å². The molecule has 2 aromatic heterocycles. The minimum atomic E-state index is -3.63. The van der Waals surface area contributed by atoms with E-state index in [1.165, 1.54) is 24.4 Å². The van der Waals surface area contributed by atoms with Gasteiger partial charge in [0.05, 0.1) is 44.1 Å². The van der Waals surface area contributed by atoms with Crippen LogP contribution in [-0.2, 0) is 33.3 Å². The Bertz CT molecular complexity index is 2440. The van der Waals surface area contributed by atoms with Crippen molar-refractivity contribution in [2.24, 2.45) is 0 Å². The van der Waals surface area contributed by atoms with Crippen molar-refractivity contribution in [3.63, 3.8) is 0 Å². The molecule has 0 saturated carbocycles. The number of amidine groups is 2. The first-order chi connectivity index (χ1) is 30.6. The van der Waals surface area contributed by atoms with Crippen LogP contribution in [0.1, 0.15) is 31.8 Å². The fraction of sp³-hybridized carbons (Fsp3) is 0.310. The first-order valence-corrected chi connectivity index (χ1v) is 21.6. The number of aromatic nitrogens is 2. The number of hydrogen-bond donors (Lipinski definition) is 4. The zero-order chi connectivity index (χ0) is 45.8. The molecule has 2 unspecified atom stereocenters. The minimum Gasteiger partial charge on any atom is -0.468 e. The van der Waals surface area contributed by atoms with Crippen molar-refractivity contribution in [1.29, 1.82) is 10.8 Å². The second-order valence-corrected chi connectivity index (χ2v) is 16.3. The smallest absolute Gasteiger partial charge is 0.414 e. The number of carbonyl (C=O) groups is 5. The molecule has 4 N–H and O–H groups in total. The van der Waals surface area contributed by atoms with E-state index in [4.69, 9.17) is 25.0 Å². The number of nitrogens with zero attached hydrogens (tertiary/aromatic N) is 6. The minimum absolute atomic E-state index is 0.0429. The van der Waals surface area contributed by atoms with Crippen molar-refractivity contribution >= 4 is 63.1 Å². The van der Waals surface area contributed by atoms with Gasteiger partial charge in [-0.2, -0.15) is 8.42 Å². The number of anilines is 2. The van der Waals surface area contributed by atoms with Crippen LogP contribution >= 0.6 is 0 Å². The fourth-order valence-corrected chi connectivity index (χ4v) is 7.04. The SMILES string of the molecule is COC(=O)CN1CCN(CC2CN(c3ccc(C(=N)NC(=O)c4cccnc4)cc3)C(=O)O2)CC1.CS(=O)(=O)OCC1CN(c2ccc(C(=N)NC(=O)c3cccnc3)cc2)C(=O)O1. The number of cyclic esters (lactones) is 2. The Morgan fingerprint density at radius 2 is 1.16 bits per heavy atom. The van der Waals surface area contributed by atoms with Gasteiger partial charge in [-0.05, 0) is 72.8 Å². The number of piperazine rings is 1. The molecule has 0 aliphatic carbocycles. The summed E-state index contributed by atoms with van der Waals surface area (Å²) < 4.78 is 42.2. The molecule has 2 aromatic carbocycles. The van der Waals surface area contributed by atoms with E-state index in [0.717, 1.165) is 32.4 Å². The Balaban J connectivity index is 0.000000216. The number of nitrogens with one attached hydrogen (secondary N) is 4. The van der Waals surface area contributed by atoms with Gasteiger partial charge in [0.25, 0.3) is 21.9 Å². The highest BCUT2D eigenvalue weighted by molar-refractivity contribution is 7.86. The summed E-state index contributed by atoms with van der Waals surface area (Å²) in [7, 11) is -2.24. The number of amides is 4. The normalized spacial score (nSPS) is 17.7. The molecule has 3 aliphatic heterocycles. The number of esters is 1. The third-order valence-electron chi connectivity index (χ3n) is 9.98. The number of methoxy groups -OCH3 is 1. The molecule has 5 heterocycles. The summed E-state index contributed by atoms with van der Waals surface area (Å²) in [5, 5.41) is 21.2. The Morgan fingerprint density at radius 1 is 0.703 bits per heavy atom. The molecule has 3 fully saturated rings. The van der Waals surface area contributed by atoms with Gasteiger partial charge in [-0.1, -0.05) is 0 Å². The third-order valence-corrected chi connectivity index (χ3v) is 10.5. The molecule has 4 amide bonds. The van der Waals surface area contributed by atoms with E-state index in [1.807, 2.05) is 4.90 Å². The summed E-state index contributed by atoms with van der Waals surface area (Å²) in [5.74, 6) is -1.25. The average molecular weight is 899 g/mol. The zero-order valence-electron chi connectivity index (χ0n) is 34.8. The molecule has 0 spiro atoms. The summed E-state index contributed by atoms with van der Waals surface area (Å²) in [6.45, 7) is 4.28. The lowest BCUT2D eigenvalue weighted by Crippen LogP contribution is -2.50. The second kappa shape index (κ2) is 21.3. The molecule has 2 atom stereocenters. The van der Waals surface area contributed by atoms with Gasteiger partial charge in [0, 0.05) is 80.0 Å². The van der Waals surface area contributed by atoms with Crippen LogP contribution in [0.5, 0.6) is 0 Å². The molecule has 3 saturated heterocycles. The molecule has 22 heteroatoms. The molecule has 7 rings (SSSR count). The maximum atomic E-state index is 12.5. The summed E-state index contributed by atoms with van der Waals surface area (Å²) >= 11 is 0. The molecule has 336 valence electrons. The van der Waals surface area contributed by atoms with Gasteiger partial charge in [0.15, 0.2) is 0 Å². The Labute approximate surface area is 368 Å². The van der Waals surface area contributed by atoms with Crippen molar-refractivity contribution in [3.05, 3.63) is 120 Å². The molecule has 3 aliphatic rings. The first kappa shape index (κ1) is 46.4. The summed E-state index contributed by atoms with van der Waals surface area (Å²) in [6, 6.07) is 19.7. The highest BCUT2D eigenvalue weighted by atomic mass is 32.2. The molecule has 64 heavy (non-hydrogen) atoms. The van der Waals surface area contributed by atoms with Crippen LogP contribution in [0.2, 0.25) is 0 Å². The van der Waals surface area contributed by atoms with Crippen LogP contribution < -0.4 is 20.4 Å². The third kappa shape index (κ3) is 12.9. The highest BCUT2D eigenvalue weighted by Gasteiger charge is 2.35. The van der Waals surface area contributed by atoms with Crippen LogP contribution in [0, 0.1) is 10.8 Å². The largest absolute Gasteiger partial charge is 0.468 e. The standard InChI is InChI=1S/C24H28N6O5.C18H18N4O6S/c1-34-21(31)16-29-11-9-28(10-12-29)14-20-15-30(24(33)35-20)19-6-4-17(5-7-19)22(25)27-23(32)18-3-2-8-26-13-18;1-29(25,26)27-11-15-10-22(18(24)28-15)14-6-4-12(5-7-14)16(19)21-17(23)13-3-2-8-20-9-13/h2-8,13,20H,9-12,14-16H2,1H3,(H2,25,27,32);2-9,15H,10-11H2,1H3,(H2,19,21,23). The number of benzene rings is 2. The lowest BCUT2D eigenvalue weighted by molar-refractivity contribution is -0.142. The number of pyridine rings is 2. The molecule has 4 aromatic rings. The van der Waals surface area contributed by atoms with Crippen LogP contribution in [0.4, 0.5) is 21.0 Å². The van der Waals surface area contributed by atoms with E-state index < -0.39 is 40.2 Å². The predicted octanol–water partition coefficient (Wildman–Crippen LogP) is 2.09. The lowest BCUT2D eigenvalue weighted by atomic mass is 10.1. The maximum absolute atomic E-state index is 12.5. The van der Waals surface area contributed by atoms with Crippen LogP contribution in [0.25, 0.3) is 0 Å². The molecule has 21 nitrogen and oxygen atoms in total. The number of ether oxygens (including phenoxy) is 3. The maximum Gasteiger partial charge on any atom is 0.414 e. The van der Waals surface area contributed by atoms with Crippen LogP contribution in [0.15, 0.2) is 97.6 Å². The quantitative estimate of drug-likeness (QED) is 0.0492. The van der Waals surface area contributed by atoms with Crippen molar-refractivity contribution < 1.29 is 50.8 Å². The molecule has 0 radical (unpaired) electrons. The van der Waals surface area contributed by atoms with E-state index in [9.17, 15) is 32.4 Å². The summed E-state index contributed by atoms with van der Waals surface area (Å²) in [6.07, 6.45) is 4.86. The molecule has 0 bridgehead atoms. The Hall–Kier alpha value is -7.14. The average Bonchev–Trinajstić information content (AvgIpc) is 3.87. The van der Waals surface area contributed by atoms with E-state index in [0.29, 0.717) is 46.7 Å². The summed E-state index contributed by atoms with van der Waals surface area (Å²) in [5.41, 5.74) is 2.82. The van der Waals surface area contributed by atoms with Crippen molar-refractivity contribution in [2.75, 3.05) is 82.1 Å². The number of hydrogen-bond acceptors (Lipinski definition) is 17. The Morgan fingerprint density at radius 3 is 1.59 bits per heavy atom. The van der Waals surface area contributed by atoms with Crippen LogP contribution in [-0.4, -0.2) is 154 Å². The van der Waals surface area contributed by atoms with Gasteiger partial charge in [0.2, 0.25) is 0 Å². The highest BCUT2D eigenvalue weighted by Crippen LogP contribution is 2.24. The van der Waals surface area contributed by atoms with Crippen molar-refractivity contribution in [2.45, 2.75) is 12.2 Å². The van der Waals surface area contributed by atoms with Gasteiger partial charge in [-0.3, -0.25) is 59.0 Å². The lowest BCUT2D eigenvalue weighted by Gasteiger charge is -2.34. The monoisotopic (exact) mass is 898 g/mol. The van der Waals surface area contributed by atoms with Gasteiger partial charge in [-0.15, -0.1) is 0 Å². The number of rotatable bonds is 13.